The lowest BCUT2D eigenvalue weighted by molar-refractivity contribution is 0.173. The molecule has 2 heteroatoms. The van der Waals surface area contributed by atoms with E-state index in [1.54, 1.807) is 0 Å². The second-order valence-electron chi connectivity index (χ2n) is 4.99. The van der Waals surface area contributed by atoms with Crippen molar-refractivity contribution in [3.05, 3.63) is 0 Å². The predicted octanol–water partition coefficient (Wildman–Crippen LogP) is 3.36. The lowest BCUT2D eigenvalue weighted by atomic mass is 9.86. The zero-order valence-corrected chi connectivity index (χ0v) is 11.1. The Morgan fingerprint density at radius 3 is 2.06 bits per heavy atom. The number of hydrogen-bond acceptors (Lipinski definition) is 2. The highest BCUT2D eigenvalue weighted by Gasteiger charge is 2.14. The van der Waals surface area contributed by atoms with E-state index in [9.17, 15) is 5.11 Å². The first-order valence-electron chi connectivity index (χ1n) is 6.97. The summed E-state index contributed by atoms with van der Waals surface area (Å²) in [5, 5.41) is 17.8. The minimum Gasteiger partial charge on any atom is -0.396 e. The minimum atomic E-state index is 0.329. The molecule has 0 radical (unpaired) electrons. The third-order valence-electron chi connectivity index (χ3n) is 3.49. The maximum absolute atomic E-state index is 9.18. The Kier molecular flexibility index (Phi) is 11.3. The molecule has 0 aromatic rings. The van der Waals surface area contributed by atoms with E-state index in [-0.39, 0.29) is 0 Å². The molecule has 0 aliphatic rings. The molecule has 0 aromatic heterocycles. The van der Waals surface area contributed by atoms with Gasteiger partial charge in [-0.15, -0.1) is 0 Å². The monoisotopic (exact) mass is 230 g/mol. The van der Waals surface area contributed by atoms with E-state index >= 15 is 0 Å². The highest BCUT2D eigenvalue weighted by atomic mass is 16.3. The first kappa shape index (κ1) is 15.9. The Labute approximate surface area is 101 Å². The molecule has 0 bridgehead atoms. The molecule has 0 amide bonds. The van der Waals surface area contributed by atoms with Crippen molar-refractivity contribution in [1.29, 1.82) is 0 Å². The maximum atomic E-state index is 9.18. The van der Waals surface area contributed by atoms with Crippen molar-refractivity contribution in [3.63, 3.8) is 0 Å². The average molecular weight is 230 g/mol. The molecule has 16 heavy (non-hydrogen) atoms. The Bertz CT molecular complexity index is 137. The molecular formula is C14H30O2. The summed E-state index contributed by atoms with van der Waals surface area (Å²) in [6.07, 6.45) is 9.63. The molecule has 0 saturated heterocycles. The summed E-state index contributed by atoms with van der Waals surface area (Å²) in [4.78, 5) is 0. The van der Waals surface area contributed by atoms with E-state index in [1.807, 2.05) is 0 Å². The topological polar surface area (TPSA) is 40.5 Å². The zero-order chi connectivity index (χ0) is 12.2. The number of rotatable bonds is 11. The standard InChI is InChI=1S/C14H30O2/c1-3-9-14(13(2)12-16)10-7-5-4-6-8-11-15/h13-16H,3-12H2,1-2H3. The highest BCUT2D eigenvalue weighted by Crippen LogP contribution is 2.23. The van der Waals surface area contributed by atoms with Crippen LogP contribution >= 0.6 is 0 Å². The van der Waals surface area contributed by atoms with E-state index in [0.29, 0.717) is 25.0 Å². The van der Waals surface area contributed by atoms with Crippen LogP contribution < -0.4 is 0 Å². The third kappa shape index (κ3) is 8.12. The second kappa shape index (κ2) is 11.4. The van der Waals surface area contributed by atoms with E-state index < -0.39 is 0 Å². The van der Waals surface area contributed by atoms with Crippen molar-refractivity contribution in [1.82, 2.24) is 0 Å². The zero-order valence-electron chi connectivity index (χ0n) is 11.1. The fourth-order valence-electron chi connectivity index (χ4n) is 2.28. The van der Waals surface area contributed by atoms with Crippen LogP contribution in [0.15, 0.2) is 0 Å². The molecule has 98 valence electrons. The van der Waals surface area contributed by atoms with Crippen LogP contribution in [0.25, 0.3) is 0 Å². The van der Waals surface area contributed by atoms with Gasteiger partial charge in [0.2, 0.25) is 0 Å². The molecule has 2 atom stereocenters. The fourth-order valence-corrected chi connectivity index (χ4v) is 2.28. The summed E-state index contributed by atoms with van der Waals surface area (Å²) in [7, 11) is 0. The average Bonchev–Trinajstić information content (AvgIpc) is 2.31. The SMILES string of the molecule is CCCC(CCCCCCCO)C(C)CO. The molecule has 0 rings (SSSR count). The van der Waals surface area contributed by atoms with Crippen LogP contribution in [0, 0.1) is 11.8 Å². The summed E-state index contributed by atoms with van der Waals surface area (Å²) in [6, 6.07) is 0. The Morgan fingerprint density at radius 2 is 1.50 bits per heavy atom. The number of unbranched alkanes of at least 4 members (excludes halogenated alkanes) is 4. The van der Waals surface area contributed by atoms with E-state index in [2.05, 4.69) is 13.8 Å². The maximum Gasteiger partial charge on any atom is 0.0459 e. The molecule has 2 nitrogen and oxygen atoms in total. The quantitative estimate of drug-likeness (QED) is 0.534. The predicted molar refractivity (Wildman–Crippen MR) is 69.4 cm³/mol. The molecule has 2 N–H and O–H groups in total. The minimum absolute atomic E-state index is 0.329. The van der Waals surface area contributed by atoms with Gasteiger partial charge in [0, 0.05) is 13.2 Å². The molecule has 2 unspecified atom stereocenters. The van der Waals surface area contributed by atoms with Crippen LogP contribution in [-0.2, 0) is 0 Å². The number of aliphatic hydroxyl groups is 2. The summed E-state index contributed by atoms with van der Waals surface area (Å²) in [5.41, 5.74) is 0. The molecule has 0 saturated carbocycles. The Hall–Kier alpha value is -0.0800. The molecule has 0 heterocycles. The highest BCUT2D eigenvalue weighted by molar-refractivity contribution is 4.65. The molecule has 0 fully saturated rings. The van der Waals surface area contributed by atoms with Gasteiger partial charge in [-0.2, -0.15) is 0 Å². The van der Waals surface area contributed by atoms with Crippen LogP contribution in [0.4, 0.5) is 0 Å². The van der Waals surface area contributed by atoms with Gasteiger partial charge in [-0.1, -0.05) is 58.8 Å². The van der Waals surface area contributed by atoms with E-state index in [0.717, 1.165) is 12.8 Å². The van der Waals surface area contributed by atoms with Crippen LogP contribution in [0.5, 0.6) is 0 Å². The normalized spacial score (nSPS) is 15.0. The molecule has 0 aliphatic carbocycles. The van der Waals surface area contributed by atoms with Crippen LogP contribution in [0.2, 0.25) is 0 Å². The van der Waals surface area contributed by atoms with Crippen molar-refractivity contribution in [3.8, 4) is 0 Å². The van der Waals surface area contributed by atoms with Gasteiger partial charge < -0.3 is 10.2 Å². The van der Waals surface area contributed by atoms with Gasteiger partial charge in [-0.3, -0.25) is 0 Å². The number of aliphatic hydroxyl groups excluding tert-OH is 2. The first-order valence-corrected chi connectivity index (χ1v) is 6.97. The van der Waals surface area contributed by atoms with Crippen LogP contribution in [0.1, 0.15) is 65.2 Å². The van der Waals surface area contributed by atoms with Gasteiger partial charge in [0.15, 0.2) is 0 Å². The smallest absolute Gasteiger partial charge is 0.0459 e. The summed E-state index contributed by atoms with van der Waals surface area (Å²) in [6.45, 7) is 5.04. The van der Waals surface area contributed by atoms with Crippen molar-refractivity contribution >= 4 is 0 Å². The lowest BCUT2D eigenvalue weighted by Gasteiger charge is -2.21. The van der Waals surface area contributed by atoms with Gasteiger partial charge in [0.25, 0.3) is 0 Å². The van der Waals surface area contributed by atoms with E-state index in [4.69, 9.17) is 5.11 Å². The van der Waals surface area contributed by atoms with Crippen molar-refractivity contribution in [2.24, 2.45) is 11.8 Å². The van der Waals surface area contributed by atoms with Crippen LogP contribution in [-0.4, -0.2) is 23.4 Å². The molecule has 0 aliphatic heterocycles. The summed E-state index contributed by atoms with van der Waals surface area (Å²) >= 11 is 0. The second-order valence-corrected chi connectivity index (χ2v) is 4.99. The Balaban J connectivity index is 3.52. The van der Waals surface area contributed by atoms with Crippen molar-refractivity contribution < 1.29 is 10.2 Å². The lowest BCUT2D eigenvalue weighted by Crippen LogP contribution is -2.15. The van der Waals surface area contributed by atoms with Gasteiger partial charge in [-0.05, 0) is 18.3 Å². The summed E-state index contributed by atoms with van der Waals surface area (Å²) in [5.74, 6) is 1.16. The fraction of sp³-hybridized carbons (Fsp3) is 1.00. The van der Waals surface area contributed by atoms with Gasteiger partial charge in [0.1, 0.15) is 0 Å². The van der Waals surface area contributed by atoms with Gasteiger partial charge in [0.05, 0.1) is 0 Å². The van der Waals surface area contributed by atoms with E-state index in [1.165, 1.54) is 38.5 Å². The van der Waals surface area contributed by atoms with Gasteiger partial charge >= 0.3 is 0 Å². The summed E-state index contributed by atoms with van der Waals surface area (Å²) < 4.78 is 0. The first-order chi connectivity index (χ1) is 7.76. The molecular weight excluding hydrogens is 200 g/mol. The molecule has 0 aromatic carbocycles. The van der Waals surface area contributed by atoms with Crippen molar-refractivity contribution in [2.45, 2.75) is 65.2 Å². The third-order valence-corrected chi connectivity index (χ3v) is 3.49. The number of hydrogen-bond donors (Lipinski definition) is 2. The largest absolute Gasteiger partial charge is 0.396 e. The van der Waals surface area contributed by atoms with Gasteiger partial charge in [-0.25, -0.2) is 0 Å². The van der Waals surface area contributed by atoms with Crippen LogP contribution in [0.3, 0.4) is 0 Å². The Morgan fingerprint density at radius 1 is 0.875 bits per heavy atom. The van der Waals surface area contributed by atoms with Crippen molar-refractivity contribution in [2.75, 3.05) is 13.2 Å². The molecule has 0 spiro atoms.